The summed E-state index contributed by atoms with van der Waals surface area (Å²) in [6, 6.07) is 24.6. The van der Waals surface area contributed by atoms with Crippen molar-refractivity contribution in [2.45, 2.75) is 0 Å². The van der Waals surface area contributed by atoms with Crippen molar-refractivity contribution in [3.8, 4) is 0 Å². The SMILES string of the molecule is Nc1cccc2c1C(=O)c1cccc(NC(=O)c3ccc(C(=O)Nc4ccccc4)cc3)c1C2=O. The van der Waals surface area contributed by atoms with E-state index < -0.39 is 5.91 Å². The average Bonchev–Trinajstić information content (AvgIpc) is 2.87. The molecule has 2 amide bonds. The van der Waals surface area contributed by atoms with Crippen LogP contribution in [0.1, 0.15) is 52.6 Å². The molecule has 35 heavy (non-hydrogen) atoms. The van der Waals surface area contributed by atoms with E-state index in [1.807, 2.05) is 18.2 Å². The van der Waals surface area contributed by atoms with Gasteiger partial charge in [-0.3, -0.25) is 19.2 Å². The molecular formula is C28H19N3O4. The van der Waals surface area contributed by atoms with E-state index in [1.54, 1.807) is 60.7 Å². The first-order valence-corrected chi connectivity index (χ1v) is 10.8. The molecule has 4 aromatic carbocycles. The Bertz CT molecular complexity index is 1510. The minimum Gasteiger partial charge on any atom is -0.398 e. The Balaban J connectivity index is 1.38. The lowest BCUT2D eigenvalue weighted by Crippen LogP contribution is -2.25. The number of para-hydroxylation sites is 1. The number of anilines is 3. The highest BCUT2D eigenvalue weighted by molar-refractivity contribution is 6.32. The minimum absolute atomic E-state index is 0.128. The molecule has 170 valence electrons. The van der Waals surface area contributed by atoms with Crippen molar-refractivity contribution in [2.24, 2.45) is 0 Å². The Morgan fingerprint density at radius 1 is 0.571 bits per heavy atom. The Labute approximate surface area is 200 Å². The number of hydrogen-bond donors (Lipinski definition) is 3. The molecule has 0 spiro atoms. The fourth-order valence-corrected chi connectivity index (χ4v) is 4.06. The van der Waals surface area contributed by atoms with Crippen molar-refractivity contribution >= 4 is 40.4 Å². The van der Waals surface area contributed by atoms with E-state index in [0.717, 1.165) is 0 Å². The molecule has 0 unspecified atom stereocenters. The predicted octanol–water partition coefficient (Wildman–Crippen LogP) is 4.55. The summed E-state index contributed by atoms with van der Waals surface area (Å²) in [6.45, 7) is 0. The number of nitrogen functional groups attached to an aromatic ring is 1. The summed E-state index contributed by atoms with van der Waals surface area (Å²) in [5.41, 5.74) is 8.45. The number of hydrogen-bond acceptors (Lipinski definition) is 5. The highest BCUT2D eigenvalue weighted by Crippen LogP contribution is 2.34. The van der Waals surface area contributed by atoms with Crippen molar-refractivity contribution in [2.75, 3.05) is 16.4 Å². The third-order valence-electron chi connectivity index (χ3n) is 5.79. The predicted molar refractivity (Wildman–Crippen MR) is 133 cm³/mol. The second-order valence-corrected chi connectivity index (χ2v) is 8.01. The number of carbonyl (C=O) groups excluding carboxylic acids is 4. The van der Waals surface area contributed by atoms with Gasteiger partial charge >= 0.3 is 0 Å². The molecule has 7 nitrogen and oxygen atoms in total. The number of ketones is 2. The smallest absolute Gasteiger partial charge is 0.255 e. The van der Waals surface area contributed by atoms with Gasteiger partial charge in [-0.15, -0.1) is 0 Å². The molecule has 0 atom stereocenters. The number of fused-ring (bicyclic) bond motifs is 2. The van der Waals surface area contributed by atoms with Gasteiger partial charge in [0.2, 0.25) is 0 Å². The van der Waals surface area contributed by atoms with Gasteiger partial charge in [-0.05, 0) is 48.5 Å². The first-order chi connectivity index (χ1) is 16.9. The number of rotatable bonds is 4. The second kappa shape index (κ2) is 8.72. The summed E-state index contributed by atoms with van der Waals surface area (Å²) < 4.78 is 0. The molecule has 0 saturated heterocycles. The van der Waals surface area contributed by atoms with Crippen LogP contribution in [0.4, 0.5) is 17.1 Å². The Hall–Kier alpha value is -5.04. The average molecular weight is 461 g/mol. The van der Waals surface area contributed by atoms with Crippen LogP contribution >= 0.6 is 0 Å². The number of nitrogens with one attached hydrogen (secondary N) is 2. The molecule has 0 aromatic heterocycles. The largest absolute Gasteiger partial charge is 0.398 e. The Morgan fingerprint density at radius 3 is 1.77 bits per heavy atom. The molecular weight excluding hydrogens is 442 g/mol. The fourth-order valence-electron chi connectivity index (χ4n) is 4.06. The maximum absolute atomic E-state index is 13.2. The lowest BCUT2D eigenvalue weighted by molar-refractivity contribution is 0.0979. The minimum atomic E-state index is -0.480. The molecule has 0 saturated carbocycles. The third kappa shape index (κ3) is 3.95. The van der Waals surface area contributed by atoms with E-state index in [9.17, 15) is 19.2 Å². The zero-order valence-electron chi connectivity index (χ0n) is 18.4. The van der Waals surface area contributed by atoms with Crippen LogP contribution in [0, 0.1) is 0 Å². The standard InChI is InChI=1S/C28H19N3O4/c29-21-10-4-8-19-23(21)25(32)20-9-5-11-22(24(20)26(19)33)31-28(35)17-14-12-16(13-15-17)27(34)30-18-6-2-1-3-7-18/h1-15H,29H2,(H,30,34)(H,31,35). The van der Waals surface area contributed by atoms with E-state index in [2.05, 4.69) is 10.6 Å². The third-order valence-corrected chi connectivity index (χ3v) is 5.79. The normalized spacial score (nSPS) is 11.9. The quantitative estimate of drug-likeness (QED) is 0.339. The van der Waals surface area contributed by atoms with Crippen LogP contribution in [-0.2, 0) is 0 Å². The second-order valence-electron chi connectivity index (χ2n) is 8.01. The zero-order chi connectivity index (χ0) is 24.5. The maximum Gasteiger partial charge on any atom is 0.255 e. The van der Waals surface area contributed by atoms with Gasteiger partial charge in [-0.2, -0.15) is 0 Å². The van der Waals surface area contributed by atoms with Crippen LogP contribution in [0.5, 0.6) is 0 Å². The highest BCUT2D eigenvalue weighted by Gasteiger charge is 2.33. The van der Waals surface area contributed by atoms with Gasteiger partial charge in [0, 0.05) is 33.6 Å². The molecule has 1 aliphatic carbocycles. The zero-order valence-corrected chi connectivity index (χ0v) is 18.4. The van der Waals surface area contributed by atoms with Gasteiger partial charge in [0.05, 0.1) is 16.8 Å². The van der Waals surface area contributed by atoms with Gasteiger partial charge < -0.3 is 16.4 Å². The van der Waals surface area contributed by atoms with Crippen molar-refractivity contribution < 1.29 is 19.2 Å². The van der Waals surface area contributed by atoms with Gasteiger partial charge in [-0.25, -0.2) is 0 Å². The lowest BCUT2D eigenvalue weighted by atomic mass is 9.82. The van der Waals surface area contributed by atoms with E-state index in [4.69, 9.17) is 5.73 Å². The van der Waals surface area contributed by atoms with E-state index in [1.165, 1.54) is 12.1 Å². The van der Waals surface area contributed by atoms with Gasteiger partial charge in [-0.1, -0.05) is 42.5 Å². The van der Waals surface area contributed by atoms with Crippen molar-refractivity contribution in [3.05, 3.63) is 124 Å². The van der Waals surface area contributed by atoms with Crippen LogP contribution in [0.2, 0.25) is 0 Å². The van der Waals surface area contributed by atoms with Crippen LogP contribution in [-0.4, -0.2) is 23.4 Å². The van der Waals surface area contributed by atoms with E-state index >= 15 is 0 Å². The summed E-state index contributed by atoms with van der Waals surface area (Å²) in [4.78, 5) is 51.6. The molecule has 1 aliphatic rings. The van der Waals surface area contributed by atoms with Gasteiger partial charge in [0.25, 0.3) is 11.8 Å². The molecule has 0 fully saturated rings. The maximum atomic E-state index is 13.2. The van der Waals surface area contributed by atoms with Gasteiger partial charge in [0.1, 0.15) is 0 Å². The van der Waals surface area contributed by atoms with Crippen LogP contribution < -0.4 is 16.4 Å². The van der Waals surface area contributed by atoms with Crippen molar-refractivity contribution in [1.29, 1.82) is 0 Å². The monoisotopic (exact) mass is 461 g/mol. The number of nitrogens with two attached hydrogens (primary N) is 1. The summed E-state index contributed by atoms with van der Waals surface area (Å²) in [6.07, 6.45) is 0. The molecule has 7 heteroatoms. The van der Waals surface area contributed by atoms with E-state index in [-0.39, 0.29) is 56.7 Å². The summed E-state index contributed by atoms with van der Waals surface area (Å²) in [7, 11) is 0. The topological polar surface area (TPSA) is 118 Å². The van der Waals surface area contributed by atoms with Crippen molar-refractivity contribution in [1.82, 2.24) is 0 Å². The molecule has 0 heterocycles. The van der Waals surface area contributed by atoms with Gasteiger partial charge in [0.15, 0.2) is 11.6 Å². The fraction of sp³-hybridized carbons (Fsp3) is 0. The first kappa shape index (κ1) is 21.8. The summed E-state index contributed by atoms with van der Waals surface area (Å²) in [5, 5.41) is 5.51. The summed E-state index contributed by atoms with van der Waals surface area (Å²) in [5.74, 6) is -1.53. The lowest BCUT2D eigenvalue weighted by Gasteiger charge is -2.21. The molecule has 0 bridgehead atoms. The highest BCUT2D eigenvalue weighted by atomic mass is 16.2. The molecule has 4 N–H and O–H groups in total. The molecule has 0 radical (unpaired) electrons. The van der Waals surface area contributed by atoms with Crippen LogP contribution in [0.25, 0.3) is 0 Å². The number of benzene rings is 4. The molecule has 5 rings (SSSR count). The Morgan fingerprint density at radius 2 is 1.11 bits per heavy atom. The first-order valence-electron chi connectivity index (χ1n) is 10.8. The van der Waals surface area contributed by atoms with Crippen molar-refractivity contribution in [3.63, 3.8) is 0 Å². The summed E-state index contributed by atoms with van der Waals surface area (Å²) >= 11 is 0. The Kier molecular flexibility index (Phi) is 5.43. The molecule has 0 aliphatic heterocycles. The van der Waals surface area contributed by atoms with E-state index in [0.29, 0.717) is 11.3 Å². The number of amides is 2. The van der Waals surface area contributed by atoms with Crippen LogP contribution in [0.15, 0.2) is 91.0 Å². The molecule has 4 aromatic rings. The number of carbonyl (C=O) groups is 4. The van der Waals surface area contributed by atoms with Crippen LogP contribution in [0.3, 0.4) is 0 Å².